The molecule has 0 N–H and O–H groups in total. The zero-order valence-corrected chi connectivity index (χ0v) is 19.0. The van der Waals surface area contributed by atoms with Gasteiger partial charge in [-0.05, 0) is 43.5 Å². The lowest BCUT2D eigenvalue weighted by atomic mass is 10.2. The van der Waals surface area contributed by atoms with E-state index in [1.54, 1.807) is 28.0 Å². The highest BCUT2D eigenvalue weighted by atomic mass is 32.2. The molecule has 0 amide bonds. The molecule has 0 atom stereocenters. The van der Waals surface area contributed by atoms with Gasteiger partial charge in [-0.15, -0.1) is 11.3 Å². The van der Waals surface area contributed by atoms with Crippen molar-refractivity contribution in [3.8, 4) is 5.69 Å². The number of thiophene rings is 1. The summed E-state index contributed by atoms with van der Waals surface area (Å²) in [6.45, 7) is 6.06. The third-order valence-electron chi connectivity index (χ3n) is 5.14. The van der Waals surface area contributed by atoms with Crippen LogP contribution in [0.3, 0.4) is 0 Å². The van der Waals surface area contributed by atoms with E-state index >= 15 is 0 Å². The van der Waals surface area contributed by atoms with Crippen LogP contribution in [-0.2, 0) is 12.2 Å². The Morgan fingerprint density at radius 1 is 1.16 bits per heavy atom. The number of nitro groups is 1. The molecule has 158 valence electrons. The Labute approximate surface area is 187 Å². The van der Waals surface area contributed by atoms with Crippen LogP contribution in [0.4, 0.5) is 5.69 Å². The number of aryl methyl sites for hydroxylation is 3. The Hall–Kier alpha value is -2.97. The van der Waals surface area contributed by atoms with Gasteiger partial charge in [0.2, 0.25) is 0 Å². The van der Waals surface area contributed by atoms with Crippen molar-refractivity contribution < 1.29 is 4.92 Å². The lowest BCUT2D eigenvalue weighted by molar-refractivity contribution is -0.384. The number of aromatic nitrogens is 2. The second kappa shape index (κ2) is 8.64. The zero-order chi connectivity index (χ0) is 22.1. The highest BCUT2D eigenvalue weighted by Gasteiger charge is 2.19. The van der Waals surface area contributed by atoms with Crippen LogP contribution >= 0.6 is 23.1 Å². The van der Waals surface area contributed by atoms with Gasteiger partial charge in [0, 0.05) is 22.8 Å². The van der Waals surface area contributed by atoms with E-state index in [0.29, 0.717) is 16.3 Å². The average Bonchev–Trinajstić information content (AvgIpc) is 3.09. The lowest BCUT2D eigenvalue weighted by Gasteiger charge is -2.12. The predicted octanol–water partition coefficient (Wildman–Crippen LogP) is 5.83. The third-order valence-corrected chi connectivity index (χ3v) is 7.47. The van der Waals surface area contributed by atoms with E-state index in [-0.39, 0.29) is 11.2 Å². The fourth-order valence-corrected chi connectivity index (χ4v) is 5.59. The number of benzene rings is 2. The van der Waals surface area contributed by atoms with Gasteiger partial charge >= 0.3 is 0 Å². The Morgan fingerprint density at radius 3 is 2.58 bits per heavy atom. The van der Waals surface area contributed by atoms with E-state index in [0.717, 1.165) is 38.5 Å². The number of rotatable bonds is 6. The van der Waals surface area contributed by atoms with Crippen LogP contribution in [0.2, 0.25) is 0 Å². The van der Waals surface area contributed by atoms with Gasteiger partial charge in [-0.2, -0.15) is 0 Å². The maximum Gasteiger partial charge on any atom is 0.269 e. The molecule has 0 radical (unpaired) electrons. The zero-order valence-electron chi connectivity index (χ0n) is 17.4. The molecule has 8 heteroatoms. The molecule has 0 aliphatic heterocycles. The SMILES string of the molecule is CCc1sc2nc(SCc3cccc([N+](=O)[O-])c3)n(-c3ccc(C)cc3)c(=O)c2c1C. The molecule has 0 unspecified atom stereocenters. The van der Waals surface area contributed by atoms with Crippen molar-refractivity contribution in [1.82, 2.24) is 9.55 Å². The van der Waals surface area contributed by atoms with Crippen LogP contribution in [0.5, 0.6) is 0 Å². The highest BCUT2D eigenvalue weighted by Crippen LogP contribution is 2.31. The minimum atomic E-state index is -0.401. The maximum atomic E-state index is 13.6. The van der Waals surface area contributed by atoms with E-state index in [1.807, 2.05) is 44.2 Å². The Balaban J connectivity index is 1.83. The molecule has 0 bridgehead atoms. The summed E-state index contributed by atoms with van der Waals surface area (Å²) in [6.07, 6.45) is 0.854. The van der Waals surface area contributed by atoms with Crippen molar-refractivity contribution in [1.29, 1.82) is 0 Å². The van der Waals surface area contributed by atoms with Gasteiger partial charge in [0.25, 0.3) is 11.2 Å². The molecule has 2 aromatic carbocycles. The van der Waals surface area contributed by atoms with E-state index in [4.69, 9.17) is 4.98 Å². The standard InChI is InChI=1S/C23H21N3O3S2/c1-4-19-15(3)20-21(31-19)24-23(25(22(20)27)17-10-8-14(2)9-11-17)30-13-16-6-5-7-18(12-16)26(28)29/h5-12H,4,13H2,1-3H3. The van der Waals surface area contributed by atoms with Crippen LogP contribution in [0.15, 0.2) is 58.5 Å². The Morgan fingerprint density at radius 2 is 1.90 bits per heavy atom. The molecule has 0 spiro atoms. The lowest BCUT2D eigenvalue weighted by Crippen LogP contribution is -2.21. The highest BCUT2D eigenvalue weighted by molar-refractivity contribution is 7.98. The molecular weight excluding hydrogens is 430 g/mol. The fraction of sp³-hybridized carbons (Fsp3) is 0.217. The molecule has 2 heterocycles. The summed E-state index contributed by atoms with van der Waals surface area (Å²) in [5.41, 5.74) is 3.64. The summed E-state index contributed by atoms with van der Waals surface area (Å²) in [4.78, 5) is 31.0. The summed E-state index contributed by atoms with van der Waals surface area (Å²) >= 11 is 2.97. The van der Waals surface area contributed by atoms with E-state index in [1.165, 1.54) is 17.8 Å². The molecule has 6 nitrogen and oxygen atoms in total. The molecule has 4 aromatic rings. The molecule has 0 aliphatic carbocycles. The van der Waals surface area contributed by atoms with Gasteiger partial charge in [0.1, 0.15) is 4.83 Å². The first-order chi connectivity index (χ1) is 14.9. The van der Waals surface area contributed by atoms with Crippen LogP contribution < -0.4 is 5.56 Å². The molecule has 0 fully saturated rings. The topological polar surface area (TPSA) is 78.0 Å². The largest absolute Gasteiger partial charge is 0.269 e. The molecular formula is C23H21N3O3S2. The number of nitro benzene ring substituents is 1. The van der Waals surface area contributed by atoms with Gasteiger partial charge < -0.3 is 0 Å². The van der Waals surface area contributed by atoms with Crippen LogP contribution in [0.1, 0.15) is 28.5 Å². The Bertz CT molecular complexity index is 1340. The van der Waals surface area contributed by atoms with Gasteiger partial charge in [-0.1, -0.05) is 48.5 Å². The number of non-ortho nitro benzene ring substituents is 1. The van der Waals surface area contributed by atoms with Crippen molar-refractivity contribution in [2.45, 2.75) is 38.1 Å². The summed E-state index contributed by atoms with van der Waals surface area (Å²) in [5.74, 6) is 0.469. The maximum absolute atomic E-state index is 13.6. The number of hydrogen-bond acceptors (Lipinski definition) is 6. The first kappa shape index (κ1) is 21.3. The van der Waals surface area contributed by atoms with Crippen LogP contribution in [0.25, 0.3) is 15.9 Å². The smallest absolute Gasteiger partial charge is 0.268 e. The van der Waals surface area contributed by atoms with Crippen LogP contribution in [0, 0.1) is 24.0 Å². The van der Waals surface area contributed by atoms with Crippen molar-refractivity contribution >= 4 is 39.0 Å². The second-order valence-corrected chi connectivity index (χ2v) is 9.30. The number of hydrogen-bond donors (Lipinski definition) is 0. The fourth-order valence-electron chi connectivity index (χ4n) is 3.47. The third kappa shape index (κ3) is 4.13. The Kier molecular flexibility index (Phi) is 5.93. The first-order valence-corrected chi connectivity index (χ1v) is 11.7. The molecule has 0 aliphatic rings. The van der Waals surface area contributed by atoms with Gasteiger partial charge in [-0.3, -0.25) is 19.5 Å². The quantitative estimate of drug-likeness (QED) is 0.160. The van der Waals surface area contributed by atoms with Gasteiger partial charge in [0.05, 0.1) is 16.0 Å². The molecule has 31 heavy (non-hydrogen) atoms. The van der Waals surface area contributed by atoms with Crippen LogP contribution in [-0.4, -0.2) is 14.5 Å². The normalized spacial score (nSPS) is 11.2. The van der Waals surface area contributed by atoms with Crippen molar-refractivity contribution in [2.24, 2.45) is 0 Å². The molecule has 0 saturated carbocycles. The van der Waals surface area contributed by atoms with Gasteiger partial charge in [-0.25, -0.2) is 4.98 Å². The summed E-state index contributed by atoms with van der Waals surface area (Å²) in [7, 11) is 0. The van der Waals surface area contributed by atoms with Crippen molar-refractivity contribution in [3.63, 3.8) is 0 Å². The monoisotopic (exact) mass is 451 g/mol. The second-order valence-electron chi connectivity index (χ2n) is 7.27. The van der Waals surface area contributed by atoms with Gasteiger partial charge in [0.15, 0.2) is 5.16 Å². The summed E-state index contributed by atoms with van der Waals surface area (Å²) in [6, 6.07) is 14.3. The minimum Gasteiger partial charge on any atom is -0.268 e. The number of nitrogens with zero attached hydrogens (tertiary/aromatic N) is 3. The summed E-state index contributed by atoms with van der Waals surface area (Å²) in [5, 5.41) is 12.3. The van der Waals surface area contributed by atoms with E-state index in [2.05, 4.69) is 6.92 Å². The number of fused-ring (bicyclic) bond motifs is 1. The average molecular weight is 452 g/mol. The predicted molar refractivity (Wildman–Crippen MR) is 127 cm³/mol. The van der Waals surface area contributed by atoms with E-state index < -0.39 is 4.92 Å². The molecule has 4 rings (SSSR count). The molecule has 2 aromatic heterocycles. The number of thioether (sulfide) groups is 1. The minimum absolute atomic E-state index is 0.0545. The van der Waals surface area contributed by atoms with E-state index in [9.17, 15) is 14.9 Å². The molecule has 0 saturated heterocycles. The summed E-state index contributed by atoms with van der Waals surface area (Å²) < 4.78 is 1.66. The van der Waals surface area contributed by atoms with Crippen molar-refractivity contribution in [2.75, 3.05) is 0 Å². The van der Waals surface area contributed by atoms with Crippen molar-refractivity contribution in [3.05, 3.63) is 90.6 Å². The first-order valence-electron chi connectivity index (χ1n) is 9.87.